The van der Waals surface area contributed by atoms with Crippen LogP contribution in [-0.4, -0.2) is 19.7 Å². The molecule has 0 saturated heterocycles. The van der Waals surface area contributed by atoms with Gasteiger partial charge in [0.25, 0.3) is 0 Å². The molecule has 0 aliphatic carbocycles. The first-order valence-electron chi connectivity index (χ1n) is 11.0. The first-order valence-corrected chi connectivity index (χ1v) is 13.7. The number of hydrogen-bond acceptors (Lipinski definition) is 6. The summed E-state index contributed by atoms with van der Waals surface area (Å²) >= 11 is 6.81. The molecule has 0 radical (unpaired) electrons. The maximum Gasteiger partial charge on any atom is 0.191 e. The number of aryl methyl sites for hydroxylation is 1. The van der Waals surface area contributed by atoms with E-state index in [2.05, 4.69) is 93.8 Å². The molecule has 5 nitrogen and oxygen atoms in total. The fraction of sp³-hybridized carbons (Fsp3) is 0.269. The number of ether oxygens (including phenoxy) is 1. The molecule has 0 bridgehead atoms. The highest BCUT2D eigenvalue weighted by atomic mass is 79.9. The molecular weight excluding hydrogens is 528 g/mol. The molecular formula is C26H27BrN4OS2. The molecule has 8 heteroatoms. The number of aromatic nitrogens is 4. The van der Waals surface area contributed by atoms with Gasteiger partial charge >= 0.3 is 0 Å². The van der Waals surface area contributed by atoms with Crippen LogP contribution in [0.15, 0.2) is 70.1 Å². The Labute approximate surface area is 217 Å². The third-order valence-corrected chi connectivity index (χ3v) is 7.66. The second-order valence-electron chi connectivity index (χ2n) is 8.23. The number of allylic oxidation sites excluding steroid dienone is 1. The fourth-order valence-electron chi connectivity index (χ4n) is 3.50. The fourth-order valence-corrected chi connectivity index (χ4v) is 5.68. The van der Waals surface area contributed by atoms with Crippen molar-refractivity contribution in [3.63, 3.8) is 0 Å². The van der Waals surface area contributed by atoms with Crippen molar-refractivity contribution in [1.29, 1.82) is 0 Å². The highest BCUT2D eigenvalue weighted by Gasteiger charge is 2.15. The van der Waals surface area contributed by atoms with E-state index < -0.39 is 0 Å². The van der Waals surface area contributed by atoms with Crippen molar-refractivity contribution >= 4 is 39.0 Å². The molecule has 176 valence electrons. The topological polar surface area (TPSA) is 52.8 Å². The van der Waals surface area contributed by atoms with Gasteiger partial charge in [-0.3, -0.25) is 4.57 Å². The second kappa shape index (κ2) is 11.3. The smallest absolute Gasteiger partial charge is 0.191 e. The average molecular weight is 556 g/mol. The summed E-state index contributed by atoms with van der Waals surface area (Å²) in [4.78, 5) is 4.80. The van der Waals surface area contributed by atoms with E-state index in [1.165, 1.54) is 11.1 Å². The van der Waals surface area contributed by atoms with Crippen molar-refractivity contribution in [3.05, 3.63) is 87.6 Å². The Bertz CT molecular complexity index is 1280. The Balaban J connectivity index is 1.46. The number of rotatable bonds is 10. The maximum absolute atomic E-state index is 6.21. The van der Waals surface area contributed by atoms with Gasteiger partial charge in [-0.2, -0.15) is 0 Å². The molecule has 0 amide bonds. The SMILES string of the molecule is C=CCn1c(COc2cc(C)ccc2C(C)C)nnc1SCc1csc(-c2cccc(Br)c2)n1. The summed E-state index contributed by atoms with van der Waals surface area (Å²) in [5.74, 6) is 2.79. The highest BCUT2D eigenvalue weighted by Crippen LogP contribution is 2.30. The van der Waals surface area contributed by atoms with Crippen molar-refractivity contribution in [1.82, 2.24) is 19.7 Å². The molecule has 2 heterocycles. The maximum atomic E-state index is 6.21. The largest absolute Gasteiger partial charge is 0.485 e. The molecule has 0 fully saturated rings. The van der Waals surface area contributed by atoms with E-state index in [0.717, 1.165) is 43.2 Å². The van der Waals surface area contributed by atoms with Crippen LogP contribution in [0.2, 0.25) is 0 Å². The van der Waals surface area contributed by atoms with Crippen molar-refractivity contribution in [2.45, 2.75) is 50.8 Å². The Morgan fingerprint density at radius 1 is 1.21 bits per heavy atom. The Kier molecular flexibility index (Phi) is 8.24. The van der Waals surface area contributed by atoms with Gasteiger partial charge in [0.15, 0.2) is 11.0 Å². The van der Waals surface area contributed by atoms with E-state index in [1.807, 2.05) is 18.2 Å². The van der Waals surface area contributed by atoms with Gasteiger partial charge in [0.2, 0.25) is 0 Å². The van der Waals surface area contributed by atoms with E-state index in [-0.39, 0.29) is 0 Å². The lowest BCUT2D eigenvalue weighted by Gasteiger charge is -2.15. The standard InChI is InChI=1S/C26H27BrN4OS2/c1-5-11-31-24(14-32-23-12-18(4)9-10-22(23)17(2)3)29-30-26(31)34-16-21-15-33-25(28-21)19-7-6-8-20(27)13-19/h5-10,12-13,15,17H,1,11,14,16H2,2-4H3. The van der Waals surface area contributed by atoms with Gasteiger partial charge < -0.3 is 4.74 Å². The Morgan fingerprint density at radius 2 is 2.06 bits per heavy atom. The van der Waals surface area contributed by atoms with E-state index in [1.54, 1.807) is 23.1 Å². The summed E-state index contributed by atoms with van der Waals surface area (Å²) in [5.41, 5.74) is 4.51. The van der Waals surface area contributed by atoms with Crippen molar-refractivity contribution in [3.8, 4) is 16.3 Å². The van der Waals surface area contributed by atoms with Crippen molar-refractivity contribution in [2.24, 2.45) is 0 Å². The predicted octanol–water partition coefficient (Wildman–Crippen LogP) is 7.65. The molecule has 4 rings (SSSR count). The first-order chi connectivity index (χ1) is 16.4. The summed E-state index contributed by atoms with van der Waals surface area (Å²) in [6.45, 7) is 11.3. The van der Waals surface area contributed by atoms with Crippen LogP contribution < -0.4 is 4.74 Å². The summed E-state index contributed by atoms with van der Waals surface area (Å²) in [5, 5.41) is 12.8. The second-order valence-corrected chi connectivity index (χ2v) is 10.9. The molecule has 0 saturated carbocycles. The molecule has 0 atom stereocenters. The molecule has 0 aliphatic rings. The van der Waals surface area contributed by atoms with Gasteiger partial charge in [-0.1, -0.05) is 71.9 Å². The number of thioether (sulfide) groups is 1. The lowest BCUT2D eigenvalue weighted by atomic mass is 10.0. The third kappa shape index (κ3) is 5.98. The zero-order valence-corrected chi connectivity index (χ0v) is 22.7. The van der Waals surface area contributed by atoms with Crippen LogP contribution in [0.4, 0.5) is 0 Å². The number of halogens is 1. The zero-order valence-electron chi connectivity index (χ0n) is 19.5. The van der Waals surface area contributed by atoms with E-state index >= 15 is 0 Å². The lowest BCUT2D eigenvalue weighted by molar-refractivity contribution is 0.285. The molecule has 2 aromatic heterocycles. The van der Waals surface area contributed by atoms with Crippen molar-refractivity contribution < 1.29 is 4.74 Å². The summed E-state index contributed by atoms with van der Waals surface area (Å²) in [6, 6.07) is 14.6. The predicted molar refractivity (Wildman–Crippen MR) is 145 cm³/mol. The first kappa shape index (κ1) is 24.7. The Morgan fingerprint density at radius 3 is 2.82 bits per heavy atom. The molecule has 34 heavy (non-hydrogen) atoms. The number of benzene rings is 2. The summed E-state index contributed by atoms with van der Waals surface area (Å²) in [7, 11) is 0. The van der Waals surface area contributed by atoms with Crippen LogP contribution in [0.5, 0.6) is 5.75 Å². The van der Waals surface area contributed by atoms with Gasteiger partial charge in [-0.15, -0.1) is 28.1 Å². The van der Waals surface area contributed by atoms with Crippen LogP contribution in [0.3, 0.4) is 0 Å². The van der Waals surface area contributed by atoms with Gasteiger partial charge in [0.05, 0.1) is 5.69 Å². The quantitative estimate of drug-likeness (QED) is 0.149. The van der Waals surface area contributed by atoms with Gasteiger partial charge in [0, 0.05) is 27.7 Å². The summed E-state index contributed by atoms with van der Waals surface area (Å²) < 4.78 is 9.32. The van der Waals surface area contributed by atoms with E-state index in [4.69, 9.17) is 9.72 Å². The number of nitrogens with zero attached hydrogens (tertiary/aromatic N) is 4. The van der Waals surface area contributed by atoms with Crippen LogP contribution in [0, 0.1) is 6.92 Å². The summed E-state index contributed by atoms with van der Waals surface area (Å²) in [6.07, 6.45) is 1.86. The average Bonchev–Trinajstić information content (AvgIpc) is 3.43. The molecule has 0 N–H and O–H groups in total. The molecule has 0 aliphatic heterocycles. The van der Waals surface area contributed by atoms with Crippen LogP contribution in [-0.2, 0) is 18.9 Å². The minimum atomic E-state index is 0.355. The van der Waals surface area contributed by atoms with Gasteiger partial charge in [0.1, 0.15) is 17.4 Å². The number of hydrogen-bond donors (Lipinski definition) is 0. The molecule has 0 unspecified atom stereocenters. The van der Waals surface area contributed by atoms with Crippen LogP contribution >= 0.6 is 39.0 Å². The van der Waals surface area contributed by atoms with Crippen molar-refractivity contribution in [2.75, 3.05) is 0 Å². The van der Waals surface area contributed by atoms with Gasteiger partial charge in [-0.25, -0.2) is 4.98 Å². The minimum absolute atomic E-state index is 0.355. The normalized spacial score (nSPS) is 11.2. The van der Waals surface area contributed by atoms with E-state index in [0.29, 0.717) is 19.1 Å². The zero-order chi connectivity index (χ0) is 24.1. The molecule has 2 aromatic carbocycles. The molecule has 4 aromatic rings. The highest BCUT2D eigenvalue weighted by molar-refractivity contribution is 9.10. The number of thiazole rings is 1. The molecule has 0 spiro atoms. The van der Waals surface area contributed by atoms with Crippen LogP contribution in [0.1, 0.15) is 42.4 Å². The monoisotopic (exact) mass is 554 g/mol. The minimum Gasteiger partial charge on any atom is -0.485 e. The lowest BCUT2D eigenvalue weighted by Crippen LogP contribution is -2.08. The van der Waals surface area contributed by atoms with Gasteiger partial charge in [-0.05, 0) is 42.2 Å². The van der Waals surface area contributed by atoms with E-state index in [9.17, 15) is 0 Å². The Hall–Kier alpha value is -2.42. The van der Waals surface area contributed by atoms with Crippen LogP contribution in [0.25, 0.3) is 10.6 Å². The third-order valence-electron chi connectivity index (χ3n) is 5.23.